The molecule has 1 aliphatic rings. The SMILES string of the molecule is Nc1ccc(NC2CCCCC2)c2ccncc12. The number of nitrogens with one attached hydrogen (secondary N) is 1. The Labute approximate surface area is 107 Å². The number of nitrogens with zero attached hydrogens (tertiary/aromatic N) is 1. The number of hydrogen-bond donors (Lipinski definition) is 2. The molecule has 1 aromatic heterocycles. The number of nitrogens with two attached hydrogens (primary N) is 1. The van der Waals surface area contributed by atoms with E-state index in [9.17, 15) is 0 Å². The van der Waals surface area contributed by atoms with Crippen LogP contribution in [0.25, 0.3) is 10.8 Å². The van der Waals surface area contributed by atoms with E-state index < -0.39 is 0 Å². The van der Waals surface area contributed by atoms with Crippen LogP contribution < -0.4 is 11.1 Å². The summed E-state index contributed by atoms with van der Waals surface area (Å²) >= 11 is 0. The largest absolute Gasteiger partial charge is 0.398 e. The van der Waals surface area contributed by atoms with E-state index in [1.807, 2.05) is 24.5 Å². The van der Waals surface area contributed by atoms with Crippen LogP contribution in [0, 0.1) is 0 Å². The molecule has 3 N–H and O–H groups in total. The Morgan fingerprint density at radius 1 is 1.06 bits per heavy atom. The van der Waals surface area contributed by atoms with Gasteiger partial charge in [0.1, 0.15) is 0 Å². The maximum Gasteiger partial charge on any atom is 0.0424 e. The van der Waals surface area contributed by atoms with E-state index in [4.69, 9.17) is 5.73 Å². The Kier molecular flexibility index (Phi) is 3.05. The van der Waals surface area contributed by atoms with E-state index in [0.29, 0.717) is 6.04 Å². The summed E-state index contributed by atoms with van der Waals surface area (Å²) in [5, 5.41) is 5.88. The topological polar surface area (TPSA) is 50.9 Å². The number of anilines is 2. The van der Waals surface area contributed by atoms with Crippen LogP contribution in [0.4, 0.5) is 11.4 Å². The van der Waals surface area contributed by atoms with Gasteiger partial charge in [-0.25, -0.2) is 0 Å². The third-order valence-electron chi connectivity index (χ3n) is 3.82. The van der Waals surface area contributed by atoms with E-state index in [-0.39, 0.29) is 0 Å². The molecule has 0 saturated heterocycles. The van der Waals surface area contributed by atoms with Crippen molar-refractivity contribution < 1.29 is 0 Å². The molecule has 1 aliphatic carbocycles. The molecule has 3 rings (SSSR count). The van der Waals surface area contributed by atoms with Crippen LogP contribution >= 0.6 is 0 Å². The minimum absolute atomic E-state index is 0.610. The van der Waals surface area contributed by atoms with Gasteiger partial charge in [-0.2, -0.15) is 0 Å². The van der Waals surface area contributed by atoms with Crippen LogP contribution in [0.2, 0.25) is 0 Å². The summed E-state index contributed by atoms with van der Waals surface area (Å²) in [6.45, 7) is 0. The summed E-state index contributed by atoms with van der Waals surface area (Å²) < 4.78 is 0. The summed E-state index contributed by atoms with van der Waals surface area (Å²) in [4.78, 5) is 4.15. The maximum absolute atomic E-state index is 5.99. The first-order valence-corrected chi connectivity index (χ1v) is 6.73. The molecule has 1 saturated carbocycles. The first-order valence-electron chi connectivity index (χ1n) is 6.73. The average molecular weight is 241 g/mol. The Hall–Kier alpha value is -1.77. The molecule has 18 heavy (non-hydrogen) atoms. The van der Waals surface area contributed by atoms with Crippen LogP contribution in [-0.4, -0.2) is 11.0 Å². The first-order chi connectivity index (χ1) is 8.84. The van der Waals surface area contributed by atoms with Crippen molar-refractivity contribution in [2.75, 3.05) is 11.1 Å². The number of aromatic nitrogens is 1. The van der Waals surface area contributed by atoms with Gasteiger partial charge in [-0.15, -0.1) is 0 Å². The van der Waals surface area contributed by atoms with E-state index in [1.165, 1.54) is 43.2 Å². The molecular weight excluding hydrogens is 222 g/mol. The number of hydrogen-bond acceptors (Lipinski definition) is 3. The third-order valence-corrected chi connectivity index (χ3v) is 3.82. The molecule has 3 nitrogen and oxygen atoms in total. The molecule has 94 valence electrons. The molecule has 0 spiro atoms. The van der Waals surface area contributed by atoms with Gasteiger partial charge in [0.05, 0.1) is 0 Å². The minimum atomic E-state index is 0.610. The molecule has 2 aromatic rings. The highest BCUT2D eigenvalue weighted by Crippen LogP contribution is 2.30. The van der Waals surface area contributed by atoms with Crippen molar-refractivity contribution >= 4 is 22.1 Å². The van der Waals surface area contributed by atoms with Crippen molar-refractivity contribution in [2.45, 2.75) is 38.1 Å². The number of rotatable bonds is 2. The standard InChI is InChI=1S/C15H19N3/c16-14-6-7-15(12-8-9-17-10-13(12)14)18-11-4-2-1-3-5-11/h6-11,18H,1-5,16H2. The Balaban J connectivity index is 1.94. The quantitative estimate of drug-likeness (QED) is 0.790. The van der Waals surface area contributed by atoms with Gasteiger partial charge in [0.25, 0.3) is 0 Å². The first kappa shape index (κ1) is 11.3. The Bertz CT molecular complexity index is 544. The highest BCUT2D eigenvalue weighted by molar-refractivity contribution is 6.00. The number of pyridine rings is 1. The molecule has 0 amide bonds. The van der Waals surface area contributed by atoms with Gasteiger partial charge in [-0.1, -0.05) is 19.3 Å². The van der Waals surface area contributed by atoms with Gasteiger partial charge >= 0.3 is 0 Å². The fourth-order valence-electron chi connectivity index (χ4n) is 2.80. The van der Waals surface area contributed by atoms with Crippen molar-refractivity contribution in [1.29, 1.82) is 0 Å². The molecule has 3 heteroatoms. The smallest absolute Gasteiger partial charge is 0.0424 e. The van der Waals surface area contributed by atoms with E-state index in [0.717, 1.165) is 11.1 Å². The molecule has 0 aliphatic heterocycles. The predicted molar refractivity (Wildman–Crippen MR) is 76.7 cm³/mol. The summed E-state index contributed by atoms with van der Waals surface area (Å²) in [6, 6.07) is 6.71. The number of nitrogen functional groups attached to an aromatic ring is 1. The molecule has 1 fully saturated rings. The maximum atomic E-state index is 5.99. The van der Waals surface area contributed by atoms with Gasteiger partial charge in [0, 0.05) is 40.6 Å². The Morgan fingerprint density at radius 2 is 1.89 bits per heavy atom. The highest BCUT2D eigenvalue weighted by atomic mass is 14.9. The number of benzene rings is 1. The summed E-state index contributed by atoms with van der Waals surface area (Å²) in [5.41, 5.74) is 7.98. The molecule has 0 unspecified atom stereocenters. The molecule has 1 aromatic carbocycles. The lowest BCUT2D eigenvalue weighted by Gasteiger charge is -2.24. The van der Waals surface area contributed by atoms with Crippen molar-refractivity contribution in [1.82, 2.24) is 4.98 Å². The van der Waals surface area contributed by atoms with Gasteiger partial charge in [-0.05, 0) is 31.0 Å². The zero-order valence-corrected chi connectivity index (χ0v) is 10.5. The lowest BCUT2D eigenvalue weighted by molar-refractivity contribution is 0.463. The van der Waals surface area contributed by atoms with Crippen LogP contribution in [-0.2, 0) is 0 Å². The van der Waals surface area contributed by atoms with Gasteiger partial charge < -0.3 is 11.1 Å². The number of fused-ring (bicyclic) bond motifs is 1. The zero-order valence-electron chi connectivity index (χ0n) is 10.5. The third kappa shape index (κ3) is 2.13. The lowest BCUT2D eigenvalue weighted by Crippen LogP contribution is -2.22. The monoisotopic (exact) mass is 241 g/mol. The van der Waals surface area contributed by atoms with Gasteiger partial charge in [-0.3, -0.25) is 4.98 Å². The minimum Gasteiger partial charge on any atom is -0.398 e. The summed E-state index contributed by atoms with van der Waals surface area (Å²) in [6.07, 6.45) is 10.3. The molecular formula is C15H19N3. The van der Waals surface area contributed by atoms with Gasteiger partial charge in [0.2, 0.25) is 0 Å². The zero-order chi connectivity index (χ0) is 12.4. The van der Waals surface area contributed by atoms with Crippen molar-refractivity contribution in [3.05, 3.63) is 30.6 Å². The van der Waals surface area contributed by atoms with Crippen LogP contribution in [0.15, 0.2) is 30.6 Å². The summed E-state index contributed by atoms with van der Waals surface area (Å²) in [5.74, 6) is 0. The van der Waals surface area contributed by atoms with E-state index in [1.54, 1.807) is 0 Å². The van der Waals surface area contributed by atoms with Crippen LogP contribution in [0.3, 0.4) is 0 Å². The van der Waals surface area contributed by atoms with Crippen molar-refractivity contribution in [3.8, 4) is 0 Å². The normalized spacial score (nSPS) is 16.9. The van der Waals surface area contributed by atoms with Gasteiger partial charge in [0.15, 0.2) is 0 Å². The fraction of sp³-hybridized carbons (Fsp3) is 0.400. The molecule has 1 heterocycles. The fourth-order valence-corrected chi connectivity index (χ4v) is 2.80. The molecule has 0 radical (unpaired) electrons. The summed E-state index contributed by atoms with van der Waals surface area (Å²) in [7, 11) is 0. The van der Waals surface area contributed by atoms with Crippen molar-refractivity contribution in [2.24, 2.45) is 0 Å². The van der Waals surface area contributed by atoms with E-state index >= 15 is 0 Å². The van der Waals surface area contributed by atoms with E-state index in [2.05, 4.69) is 16.4 Å². The molecule has 0 bridgehead atoms. The second-order valence-electron chi connectivity index (χ2n) is 5.10. The van der Waals surface area contributed by atoms with Crippen LogP contribution in [0.5, 0.6) is 0 Å². The second kappa shape index (κ2) is 4.84. The Morgan fingerprint density at radius 3 is 2.72 bits per heavy atom. The van der Waals surface area contributed by atoms with Crippen molar-refractivity contribution in [3.63, 3.8) is 0 Å². The lowest BCUT2D eigenvalue weighted by atomic mass is 9.95. The average Bonchev–Trinajstić information content (AvgIpc) is 2.44. The second-order valence-corrected chi connectivity index (χ2v) is 5.10. The molecule has 0 atom stereocenters. The predicted octanol–water partition coefficient (Wildman–Crippen LogP) is 3.56. The highest BCUT2D eigenvalue weighted by Gasteiger charge is 2.14. The van der Waals surface area contributed by atoms with Crippen LogP contribution in [0.1, 0.15) is 32.1 Å².